The lowest BCUT2D eigenvalue weighted by molar-refractivity contribution is -0.300. The Labute approximate surface area is 280 Å². The van der Waals surface area contributed by atoms with Crippen LogP contribution in [0.1, 0.15) is 93.9 Å². The van der Waals surface area contributed by atoms with Crippen LogP contribution < -0.4 is 5.32 Å². The molecule has 0 spiro atoms. The molecule has 0 aromatic rings. The van der Waals surface area contributed by atoms with Crippen LogP contribution in [-0.4, -0.2) is 126 Å². The van der Waals surface area contributed by atoms with Crippen molar-refractivity contribution in [2.24, 2.45) is 17.3 Å². The summed E-state index contributed by atoms with van der Waals surface area (Å²) >= 11 is 0. The maximum absolute atomic E-state index is 14.6. The number of rotatable bonds is 5. The van der Waals surface area contributed by atoms with Gasteiger partial charge in [0.2, 0.25) is 0 Å². The maximum atomic E-state index is 14.6. The van der Waals surface area contributed by atoms with Gasteiger partial charge in [-0.2, -0.15) is 0 Å². The SMILES string of the molecule is CC[C@H]1OC(=O)[C@@]2(C)CCO[C@@](C)(C[C@@H](C)CN(C3CC3)[C@H](C)[C@H]3NC(=O)O[C@@]31C)[C@H](O[C@@H]1OC(C)CC(N(C)C)C1O)[C@@H](C)C2=O. The predicted octanol–water partition coefficient (Wildman–Crippen LogP) is 3.27. The van der Waals surface area contributed by atoms with Gasteiger partial charge in [-0.05, 0) is 93.2 Å². The van der Waals surface area contributed by atoms with Crippen molar-refractivity contribution in [2.75, 3.05) is 27.2 Å². The Morgan fingerprint density at radius 2 is 1.77 bits per heavy atom. The number of carbonyl (C=O) groups excluding carboxylic acids is 3. The van der Waals surface area contributed by atoms with Gasteiger partial charge in [0.15, 0.2) is 17.7 Å². The minimum atomic E-state index is -1.54. The Bertz CT molecular complexity index is 1180. The van der Waals surface area contributed by atoms with E-state index in [9.17, 15) is 19.5 Å². The number of nitrogens with zero attached hydrogens (tertiary/aromatic N) is 2. The van der Waals surface area contributed by atoms with Gasteiger partial charge in [0, 0.05) is 37.2 Å². The van der Waals surface area contributed by atoms with E-state index in [1.807, 2.05) is 46.7 Å². The van der Waals surface area contributed by atoms with Gasteiger partial charge in [0.05, 0.1) is 23.9 Å². The molecule has 12 heteroatoms. The molecule has 12 nitrogen and oxygen atoms in total. The number of aliphatic hydroxyl groups excluding tert-OH is 1. The van der Waals surface area contributed by atoms with E-state index in [-0.39, 0.29) is 42.9 Å². The monoisotopic (exact) mass is 665 g/mol. The number of nitrogens with one attached hydrogen (secondary N) is 1. The first-order chi connectivity index (χ1) is 21.9. The number of amides is 1. The zero-order valence-corrected chi connectivity index (χ0v) is 30.1. The number of ketones is 1. The third kappa shape index (κ3) is 6.84. The van der Waals surface area contributed by atoms with Crippen LogP contribution in [0.4, 0.5) is 4.79 Å². The van der Waals surface area contributed by atoms with Crippen LogP contribution in [-0.2, 0) is 33.3 Å². The van der Waals surface area contributed by atoms with Crippen molar-refractivity contribution in [1.82, 2.24) is 15.1 Å². The Balaban J connectivity index is 1.57. The fourth-order valence-electron chi connectivity index (χ4n) is 8.96. The summed E-state index contributed by atoms with van der Waals surface area (Å²) in [6, 6.07) is -0.390. The molecule has 5 aliphatic heterocycles. The predicted molar refractivity (Wildman–Crippen MR) is 174 cm³/mol. The third-order valence-electron chi connectivity index (χ3n) is 11.8. The molecule has 1 aliphatic carbocycles. The smallest absolute Gasteiger partial charge is 0.408 e. The van der Waals surface area contributed by atoms with Crippen molar-refractivity contribution in [3.05, 3.63) is 0 Å². The first kappa shape index (κ1) is 36.5. The number of esters is 1. The first-order valence-electron chi connectivity index (χ1n) is 17.7. The molecule has 0 radical (unpaired) electrons. The molecule has 13 atom stereocenters. The van der Waals surface area contributed by atoms with Gasteiger partial charge >= 0.3 is 12.1 Å². The van der Waals surface area contributed by atoms with E-state index in [2.05, 4.69) is 24.1 Å². The molecule has 5 saturated heterocycles. The van der Waals surface area contributed by atoms with E-state index in [0.717, 1.165) is 19.4 Å². The lowest BCUT2D eigenvalue weighted by atomic mass is 9.70. The molecule has 6 fully saturated rings. The summed E-state index contributed by atoms with van der Waals surface area (Å²) in [5.41, 5.74) is -3.63. The van der Waals surface area contributed by atoms with Gasteiger partial charge in [0.1, 0.15) is 17.6 Å². The molecule has 6 rings (SSSR count). The number of hydrogen-bond acceptors (Lipinski definition) is 11. The summed E-state index contributed by atoms with van der Waals surface area (Å²) in [6.45, 7) is 16.2. The van der Waals surface area contributed by atoms with E-state index >= 15 is 0 Å². The molecule has 5 heterocycles. The number of ether oxygens (including phenoxy) is 5. The van der Waals surface area contributed by atoms with Crippen LogP contribution >= 0.6 is 0 Å². The van der Waals surface area contributed by atoms with Crippen LogP contribution in [0.3, 0.4) is 0 Å². The first-order valence-corrected chi connectivity index (χ1v) is 17.7. The third-order valence-corrected chi connectivity index (χ3v) is 11.8. The molecule has 1 saturated carbocycles. The molecule has 2 N–H and O–H groups in total. The second kappa shape index (κ2) is 13.5. The molecule has 47 heavy (non-hydrogen) atoms. The molecule has 6 aliphatic rings. The number of Topliss-reactive ketones (excluding diaryl/α,β-unsaturated/α-hetero) is 1. The van der Waals surface area contributed by atoms with Crippen molar-refractivity contribution in [3.8, 4) is 0 Å². The fraction of sp³-hybridized carbons (Fsp3) is 0.914. The van der Waals surface area contributed by atoms with Crippen molar-refractivity contribution >= 4 is 17.8 Å². The number of hydrogen-bond donors (Lipinski definition) is 2. The molecule has 0 aromatic heterocycles. The summed E-state index contributed by atoms with van der Waals surface area (Å²) in [5.74, 6) is -1.67. The molecule has 1 amide bonds. The minimum absolute atomic E-state index is 0.0992. The molecule has 2 bridgehead atoms. The van der Waals surface area contributed by atoms with Crippen molar-refractivity contribution < 1.29 is 43.2 Å². The quantitative estimate of drug-likeness (QED) is 0.331. The fourth-order valence-corrected chi connectivity index (χ4v) is 8.96. The Morgan fingerprint density at radius 3 is 2.38 bits per heavy atom. The maximum Gasteiger partial charge on any atom is 0.408 e. The lowest BCUT2D eigenvalue weighted by Crippen LogP contribution is -2.61. The van der Waals surface area contributed by atoms with Crippen molar-refractivity contribution in [3.63, 3.8) is 0 Å². The second-order valence-corrected chi connectivity index (χ2v) is 16.0. The highest BCUT2D eigenvalue weighted by molar-refractivity contribution is 6.04. The zero-order valence-electron chi connectivity index (χ0n) is 30.1. The van der Waals surface area contributed by atoms with E-state index in [0.29, 0.717) is 25.3 Å². The van der Waals surface area contributed by atoms with Gasteiger partial charge in [0.25, 0.3) is 0 Å². The molecule has 0 aromatic carbocycles. The average molecular weight is 666 g/mol. The van der Waals surface area contributed by atoms with Gasteiger partial charge in [-0.3, -0.25) is 14.5 Å². The number of fused-ring (bicyclic) bond motifs is 10. The normalized spacial score (nSPS) is 47.4. The standard InChI is InChI=1S/C35H59N3O9/c1-11-25-35(8)27(36-32(42)47-35)22(5)38(23-12-13-23)18-19(2)17-34(7)29(46-30-26(39)24(37(9)10)16-20(3)44-30)21(4)28(40)33(6,14-15-43-34)31(41)45-25/h19-27,29-30,39H,11-18H2,1-10H3,(H,36,42)/t19-,20?,21+,22-,24?,25-,26?,27-,29-,30+,33+,34+,35-/m1/s1. The Hall–Kier alpha value is -1.83. The average Bonchev–Trinajstić information content (AvgIpc) is 3.79. The van der Waals surface area contributed by atoms with E-state index in [1.54, 1.807) is 13.8 Å². The molecule has 268 valence electrons. The van der Waals surface area contributed by atoms with Crippen LogP contribution in [0.2, 0.25) is 0 Å². The van der Waals surface area contributed by atoms with Gasteiger partial charge in [-0.25, -0.2) is 4.79 Å². The van der Waals surface area contributed by atoms with Gasteiger partial charge in [-0.15, -0.1) is 0 Å². The number of carbonyl (C=O) groups is 3. The summed E-state index contributed by atoms with van der Waals surface area (Å²) in [6.07, 6.45) is -0.410. The van der Waals surface area contributed by atoms with Crippen LogP contribution in [0.15, 0.2) is 0 Å². The van der Waals surface area contributed by atoms with Crippen molar-refractivity contribution in [2.45, 2.75) is 160 Å². The number of aliphatic hydroxyl groups is 1. The van der Waals surface area contributed by atoms with E-state index in [4.69, 9.17) is 23.7 Å². The Morgan fingerprint density at radius 1 is 1.09 bits per heavy atom. The lowest BCUT2D eigenvalue weighted by Gasteiger charge is -2.49. The largest absolute Gasteiger partial charge is 0.457 e. The minimum Gasteiger partial charge on any atom is -0.457 e. The van der Waals surface area contributed by atoms with E-state index in [1.165, 1.54) is 0 Å². The highest BCUT2D eigenvalue weighted by Crippen LogP contribution is 2.44. The van der Waals surface area contributed by atoms with Crippen molar-refractivity contribution in [1.29, 1.82) is 0 Å². The Kier molecular flexibility index (Phi) is 10.4. The highest BCUT2D eigenvalue weighted by Gasteiger charge is 2.59. The van der Waals surface area contributed by atoms with Crippen LogP contribution in [0.25, 0.3) is 0 Å². The van der Waals surface area contributed by atoms with Crippen LogP contribution in [0, 0.1) is 17.3 Å². The second-order valence-electron chi connectivity index (χ2n) is 16.0. The molecule has 3 unspecified atom stereocenters. The highest BCUT2D eigenvalue weighted by atomic mass is 16.7. The zero-order chi connectivity index (χ0) is 34.6. The summed E-state index contributed by atoms with van der Waals surface area (Å²) < 4.78 is 31.9. The van der Waals surface area contributed by atoms with Gasteiger partial charge in [-0.1, -0.05) is 20.8 Å². The number of likely N-dealkylation sites (N-methyl/N-ethyl adjacent to an activating group) is 1. The van der Waals surface area contributed by atoms with E-state index < -0.39 is 65.2 Å². The summed E-state index contributed by atoms with van der Waals surface area (Å²) in [5, 5.41) is 14.5. The summed E-state index contributed by atoms with van der Waals surface area (Å²) in [4.78, 5) is 46.1. The molecular weight excluding hydrogens is 606 g/mol. The van der Waals surface area contributed by atoms with Crippen LogP contribution in [0.5, 0.6) is 0 Å². The topological polar surface area (TPSA) is 136 Å². The number of alkyl carbamates (subject to hydrolysis) is 1. The van der Waals surface area contributed by atoms with Gasteiger partial charge < -0.3 is 39.0 Å². The molecular formula is C35H59N3O9. The summed E-state index contributed by atoms with van der Waals surface area (Å²) in [7, 11) is 3.84.